The molecule has 0 radical (unpaired) electrons. The molecule has 5 aromatic heterocycles. The molecule has 4 aliphatic heterocycles. The maximum atomic E-state index is 13.9. The van der Waals surface area contributed by atoms with Crippen LogP contribution in [0, 0.1) is 13.8 Å². The van der Waals surface area contributed by atoms with Crippen LogP contribution >= 0.6 is 0 Å². The number of allylic oxidation sites excluding steroid dienone is 5. The van der Waals surface area contributed by atoms with Crippen LogP contribution in [0.2, 0.25) is 0 Å². The summed E-state index contributed by atoms with van der Waals surface area (Å²) in [6.07, 6.45) is -2.43. The quantitative estimate of drug-likeness (QED) is 0.0582. The number of aromatic nitrogens is 8. The van der Waals surface area contributed by atoms with E-state index in [-0.39, 0.29) is 36.8 Å². The fourth-order valence-electron chi connectivity index (χ4n) is 11.7. The number of methoxy groups -OCH3 is 2. The smallest absolute Gasteiger partial charge is 0.330 e. The average Bonchev–Trinajstić information content (AvgIpc) is 1.63. The first-order valence-corrected chi connectivity index (χ1v) is 30.2. The van der Waals surface area contributed by atoms with E-state index in [1.54, 1.807) is 31.2 Å². The molecule has 30 nitrogen and oxygen atoms in total. The lowest BCUT2D eigenvalue weighted by atomic mass is 10.00. The lowest BCUT2D eigenvalue weighted by Gasteiger charge is -2.24. The number of H-pyrrole nitrogens is 4. The molecule has 8 bridgehead atoms. The molecule has 5 aromatic rings. The number of fused-ring (bicyclic) bond motifs is 8. The molecule has 0 amide bonds. The first-order chi connectivity index (χ1) is 45.5. The topological polar surface area (TPSA) is 396 Å². The number of aromatic amines is 4. The van der Waals surface area contributed by atoms with E-state index in [1.807, 2.05) is 32.9 Å². The van der Waals surface area contributed by atoms with Crippen LogP contribution in [0.1, 0.15) is 143 Å². The van der Waals surface area contributed by atoms with Crippen LogP contribution in [0.4, 0.5) is 0 Å². The molecule has 0 aromatic carbocycles. The largest absolute Gasteiger partial charge is 0.469 e. The third kappa shape index (κ3) is 15.3. The minimum absolute atomic E-state index is 0.00574. The number of hydrogen-bond donors (Lipinski definition) is 4. The van der Waals surface area contributed by atoms with Crippen LogP contribution in [-0.4, -0.2) is 151 Å². The normalized spacial score (nSPS) is 20.0. The van der Waals surface area contributed by atoms with Gasteiger partial charge in [0.25, 0.3) is 11.1 Å². The average molecular weight is 1330 g/mol. The Bertz CT molecular complexity index is 4590. The highest BCUT2D eigenvalue weighted by atomic mass is 16.7. The number of rotatable bonds is 20. The van der Waals surface area contributed by atoms with Gasteiger partial charge in [-0.15, -0.1) is 0 Å². The van der Waals surface area contributed by atoms with E-state index in [1.165, 1.54) is 32.6 Å². The number of carbonyl (C=O) groups excluding carboxylic acids is 8. The van der Waals surface area contributed by atoms with Gasteiger partial charge in [-0.1, -0.05) is 12.2 Å². The number of ether oxygens (including phenoxy) is 10. The third-order valence-corrected chi connectivity index (χ3v) is 16.3. The number of carbonyl (C=O) groups is 8. The fourth-order valence-corrected chi connectivity index (χ4v) is 11.7. The van der Waals surface area contributed by atoms with Crippen molar-refractivity contribution in [3.63, 3.8) is 0 Å². The number of aryl methyl sites for hydroxylation is 3. The van der Waals surface area contributed by atoms with Crippen molar-refractivity contribution < 1.29 is 85.7 Å². The molecule has 0 unspecified atom stereocenters. The second-order valence-corrected chi connectivity index (χ2v) is 22.9. The predicted octanol–water partition coefficient (Wildman–Crippen LogP) is 5.08. The summed E-state index contributed by atoms with van der Waals surface area (Å²) in [4.78, 5) is 176. The highest BCUT2D eigenvalue weighted by Gasteiger charge is 2.52. The van der Waals surface area contributed by atoms with Crippen LogP contribution in [-0.2, 0) is 92.1 Å². The molecule has 8 atom stereocenters. The number of esters is 8. The van der Waals surface area contributed by atoms with Crippen LogP contribution in [0.3, 0.4) is 0 Å². The van der Waals surface area contributed by atoms with E-state index in [9.17, 15) is 57.5 Å². The van der Waals surface area contributed by atoms with Crippen molar-refractivity contribution in [2.45, 2.75) is 144 Å². The highest BCUT2D eigenvalue weighted by molar-refractivity contribution is 6.00. The highest BCUT2D eigenvalue weighted by Crippen LogP contribution is 2.39. The van der Waals surface area contributed by atoms with E-state index >= 15 is 0 Å². The maximum absolute atomic E-state index is 13.9. The minimum Gasteiger partial charge on any atom is -0.469 e. The Hall–Kier alpha value is -10.9. The zero-order valence-electron chi connectivity index (χ0n) is 54.4. The van der Waals surface area contributed by atoms with Gasteiger partial charge in [0.15, 0.2) is 36.9 Å². The van der Waals surface area contributed by atoms with Gasteiger partial charge >= 0.3 is 59.1 Å². The van der Waals surface area contributed by atoms with Gasteiger partial charge in [0.2, 0.25) is 0 Å². The van der Waals surface area contributed by atoms with Crippen molar-refractivity contribution in [1.29, 1.82) is 0 Å². The third-order valence-electron chi connectivity index (χ3n) is 16.3. The molecule has 0 saturated carbocycles. The molecular formula is C66H70N8O22. The van der Waals surface area contributed by atoms with Crippen molar-refractivity contribution in [2.24, 2.45) is 0 Å². The molecule has 0 aliphatic carbocycles. The predicted molar refractivity (Wildman–Crippen MR) is 341 cm³/mol. The van der Waals surface area contributed by atoms with Crippen molar-refractivity contribution in [3.05, 3.63) is 141 Å². The zero-order valence-corrected chi connectivity index (χ0v) is 54.4. The van der Waals surface area contributed by atoms with Gasteiger partial charge in [0.1, 0.15) is 25.4 Å². The molecule has 506 valence electrons. The molecule has 9 heterocycles. The lowest BCUT2D eigenvalue weighted by Crippen LogP contribution is -2.42. The van der Waals surface area contributed by atoms with E-state index < -0.39 is 133 Å². The molecule has 96 heavy (non-hydrogen) atoms. The van der Waals surface area contributed by atoms with Crippen LogP contribution in [0.25, 0.3) is 62.6 Å². The van der Waals surface area contributed by atoms with Crippen molar-refractivity contribution in [3.8, 4) is 0 Å². The molecule has 30 heteroatoms. The minimum atomic E-state index is -1.54. The van der Waals surface area contributed by atoms with Crippen molar-refractivity contribution >= 4 is 110 Å². The number of hydrogen-bond acceptors (Lipinski definition) is 24. The summed E-state index contributed by atoms with van der Waals surface area (Å²) >= 11 is 0. The zero-order chi connectivity index (χ0) is 69.7. The summed E-state index contributed by atoms with van der Waals surface area (Å²) in [6.45, 7) is 13.0. The lowest BCUT2D eigenvalue weighted by molar-refractivity contribution is -0.166. The van der Waals surface area contributed by atoms with Gasteiger partial charge in [0, 0.05) is 100.0 Å². The maximum Gasteiger partial charge on any atom is 0.330 e. The van der Waals surface area contributed by atoms with E-state index in [0.29, 0.717) is 72.7 Å². The Kier molecular flexibility index (Phi) is 21.1. The fraction of sp³-hybridized carbons (Fsp3) is 0.394. The van der Waals surface area contributed by atoms with Gasteiger partial charge in [-0.3, -0.25) is 67.0 Å². The Balaban J connectivity index is 1.26. The van der Waals surface area contributed by atoms with Crippen molar-refractivity contribution in [2.75, 3.05) is 27.4 Å². The van der Waals surface area contributed by atoms with Gasteiger partial charge in [-0.2, -0.15) is 0 Å². The summed E-state index contributed by atoms with van der Waals surface area (Å²) in [5.74, 6) is -5.61. The number of nitrogens with one attached hydrogen (secondary N) is 4. The Morgan fingerprint density at radius 2 is 0.917 bits per heavy atom. The van der Waals surface area contributed by atoms with Gasteiger partial charge in [-0.05, 0) is 110 Å². The Labute approximate surface area is 545 Å². The molecule has 9 rings (SSSR count). The van der Waals surface area contributed by atoms with Gasteiger partial charge in [0.05, 0.1) is 48.1 Å². The summed E-state index contributed by atoms with van der Waals surface area (Å²) in [5.41, 5.74) is 4.85. The summed E-state index contributed by atoms with van der Waals surface area (Å²) in [6, 6.07) is 7.16. The van der Waals surface area contributed by atoms with Crippen LogP contribution in [0.5, 0.6) is 0 Å². The second kappa shape index (κ2) is 29.2. The Morgan fingerprint density at radius 3 is 1.42 bits per heavy atom. The summed E-state index contributed by atoms with van der Waals surface area (Å²) < 4.78 is 56.8. The molecule has 4 aliphatic rings. The molecule has 0 spiro atoms. The second-order valence-electron chi connectivity index (χ2n) is 22.9. The van der Waals surface area contributed by atoms with E-state index in [2.05, 4.69) is 19.9 Å². The molecule has 2 fully saturated rings. The molecule has 4 N–H and O–H groups in total. The first kappa shape index (κ1) is 69.5. The van der Waals surface area contributed by atoms with Crippen LogP contribution in [0.15, 0.2) is 61.9 Å². The van der Waals surface area contributed by atoms with Gasteiger partial charge in [-0.25, -0.2) is 19.6 Å². The van der Waals surface area contributed by atoms with E-state index in [4.69, 9.17) is 57.3 Å². The summed E-state index contributed by atoms with van der Waals surface area (Å²) in [5, 5.41) is 0. The van der Waals surface area contributed by atoms with Crippen LogP contribution < -0.4 is 22.5 Å². The van der Waals surface area contributed by atoms with Crippen molar-refractivity contribution in [1.82, 2.24) is 39.0 Å². The SMILES string of the molecule is COC(=O)CCC1=C(C)c2cc3[nH]c(cc4nc(cc5[nH]c(cc1n2)c(CCC(=O)OC)c5C)C(/C=C/c1cn([C@@H]2O[C@H](COC(C)=O)[C@@H](OC(C)=O)[C@H]2OC(C)=O)c(=O)[nH]c1=O)=C4C)c(/C=C/c1cn([C@@H]2O[C@H](COC(C)=O)[C@@H](OC(C)=O)[C@H]2OC(C)=O)c(=O)[nH]c1=O)c3C. The number of nitrogens with zero attached hydrogens (tertiary/aromatic N) is 4. The van der Waals surface area contributed by atoms with Gasteiger partial charge < -0.3 is 57.3 Å². The first-order valence-electron chi connectivity index (χ1n) is 30.2. The standard InChI is InChI=1S/C66H70N8O22/c1-29-41(15-13-39-25-73(65(85)71-61(39)83)63-59(93-37(9)79)57(91-35(7)77)53(95-63)27-89-33(5)75)49-22-47-30(2)42(16-14-40-26-74(66(86)72-62(40)84)64-60(94-38(10)80)58(92-36(8)78)54(96-64)28-90-34(6)76)50(69-47)23-48-32(4)44(18-20-56(82)88-12)52(70-48)24-51-43(17-19-55(81)87-11)31(3)46(68-51)21-45(29)67-49/h13-16,21-26,53-54,57-60,63-64,67,70H,17-20,27-28H2,1-12H3,(H,71,83,85)(H,72,84,86)/b15-13+,16-14+,45-21?,46-21?,47-22?,48-23?,49-22?,50-23?,51-24?,52-24?/t53-,54-,57-,58-,59-,60-,63-,64-/m1/s1. The van der Waals surface area contributed by atoms with E-state index in [0.717, 1.165) is 73.6 Å². The molecular weight excluding hydrogens is 1260 g/mol. The Morgan fingerprint density at radius 1 is 0.490 bits per heavy atom. The monoisotopic (exact) mass is 1330 g/mol. The molecule has 2 saturated heterocycles. The summed E-state index contributed by atoms with van der Waals surface area (Å²) in [7, 11) is 2.59.